The monoisotopic (exact) mass is 425 g/mol. The van der Waals surface area contributed by atoms with Gasteiger partial charge in [-0.05, 0) is 47.4 Å². The van der Waals surface area contributed by atoms with E-state index in [2.05, 4.69) is 41.7 Å². The maximum atomic E-state index is 13.2. The third-order valence-electron chi connectivity index (χ3n) is 7.02. The van der Waals surface area contributed by atoms with E-state index in [0.717, 1.165) is 11.1 Å². The van der Waals surface area contributed by atoms with E-state index in [1.54, 1.807) is 0 Å². The number of esters is 1. The van der Waals surface area contributed by atoms with Gasteiger partial charge in [-0.25, -0.2) is 0 Å². The van der Waals surface area contributed by atoms with E-state index >= 15 is 0 Å². The largest absolute Gasteiger partial charge is 0.454 e. The Labute approximate surface area is 190 Å². The molecule has 3 aromatic carbocycles. The lowest BCUT2D eigenvalue weighted by Crippen LogP contribution is -2.49. The summed E-state index contributed by atoms with van der Waals surface area (Å²) in [4.78, 5) is 13.2. The molecule has 5 rings (SSSR count). The van der Waals surface area contributed by atoms with Crippen LogP contribution in [-0.2, 0) is 16.0 Å². The van der Waals surface area contributed by atoms with E-state index in [1.165, 1.54) is 43.2 Å². The Kier molecular flexibility index (Phi) is 6.36. The molecule has 2 fully saturated rings. The van der Waals surface area contributed by atoms with Crippen molar-refractivity contribution in [3.63, 3.8) is 0 Å². The highest BCUT2D eigenvalue weighted by Gasteiger charge is 2.39. The van der Waals surface area contributed by atoms with Crippen molar-refractivity contribution in [1.82, 2.24) is 5.32 Å². The first-order chi connectivity index (χ1) is 15.8. The summed E-state index contributed by atoms with van der Waals surface area (Å²) in [5.41, 5.74) is 4.85. The molecular formula is C29H31NO2. The van der Waals surface area contributed by atoms with Gasteiger partial charge in [0.1, 0.15) is 12.1 Å². The summed E-state index contributed by atoms with van der Waals surface area (Å²) in [6.07, 6.45) is 6.78. The van der Waals surface area contributed by atoms with Crippen molar-refractivity contribution in [1.29, 1.82) is 0 Å². The van der Waals surface area contributed by atoms with Gasteiger partial charge in [-0.15, -0.1) is 0 Å². The molecule has 0 bridgehead atoms. The van der Waals surface area contributed by atoms with Crippen LogP contribution in [0, 0.1) is 0 Å². The third kappa shape index (κ3) is 4.49. The molecule has 3 heteroatoms. The highest BCUT2D eigenvalue weighted by molar-refractivity contribution is 5.77. The normalized spacial score (nSPS) is 24.1. The van der Waals surface area contributed by atoms with Crippen LogP contribution in [0.1, 0.15) is 72.4 Å². The van der Waals surface area contributed by atoms with Crippen molar-refractivity contribution in [2.45, 2.75) is 62.6 Å². The Morgan fingerprint density at radius 3 is 2.09 bits per heavy atom. The van der Waals surface area contributed by atoms with Crippen LogP contribution < -0.4 is 5.32 Å². The van der Waals surface area contributed by atoms with Crippen molar-refractivity contribution in [3.8, 4) is 0 Å². The molecule has 3 atom stereocenters. The lowest BCUT2D eigenvalue weighted by Gasteiger charge is -2.37. The molecule has 3 nitrogen and oxygen atoms in total. The first kappa shape index (κ1) is 21.0. The van der Waals surface area contributed by atoms with Gasteiger partial charge in [-0.1, -0.05) is 104 Å². The van der Waals surface area contributed by atoms with Crippen molar-refractivity contribution in [2.24, 2.45) is 0 Å². The minimum Gasteiger partial charge on any atom is -0.454 e. The fourth-order valence-corrected chi connectivity index (χ4v) is 5.38. The van der Waals surface area contributed by atoms with Gasteiger partial charge in [0.2, 0.25) is 0 Å². The Morgan fingerprint density at radius 1 is 0.750 bits per heavy atom. The van der Waals surface area contributed by atoms with Gasteiger partial charge in [0.15, 0.2) is 0 Å². The van der Waals surface area contributed by atoms with E-state index in [-0.39, 0.29) is 24.2 Å². The summed E-state index contributed by atoms with van der Waals surface area (Å²) in [7, 11) is 0. The van der Waals surface area contributed by atoms with E-state index in [9.17, 15) is 4.79 Å². The fraction of sp³-hybridized carbons (Fsp3) is 0.345. The summed E-state index contributed by atoms with van der Waals surface area (Å²) in [5, 5.41) is 3.67. The Morgan fingerprint density at radius 2 is 1.38 bits per heavy atom. The first-order valence-corrected chi connectivity index (χ1v) is 11.9. The van der Waals surface area contributed by atoms with Crippen LogP contribution in [0.25, 0.3) is 0 Å². The van der Waals surface area contributed by atoms with Crippen molar-refractivity contribution >= 4 is 5.97 Å². The van der Waals surface area contributed by atoms with Gasteiger partial charge >= 0.3 is 5.97 Å². The molecule has 0 radical (unpaired) electrons. The lowest BCUT2D eigenvalue weighted by atomic mass is 9.81. The molecule has 2 aliphatic rings. The molecule has 0 amide bonds. The van der Waals surface area contributed by atoms with Crippen molar-refractivity contribution < 1.29 is 9.53 Å². The molecule has 1 saturated heterocycles. The summed E-state index contributed by atoms with van der Waals surface area (Å²) >= 11 is 0. The predicted octanol–water partition coefficient (Wildman–Crippen LogP) is 6.27. The second-order valence-electron chi connectivity index (χ2n) is 9.11. The zero-order valence-corrected chi connectivity index (χ0v) is 18.5. The molecule has 0 spiro atoms. The van der Waals surface area contributed by atoms with Crippen LogP contribution in [0.2, 0.25) is 0 Å². The zero-order chi connectivity index (χ0) is 21.8. The fourth-order valence-electron chi connectivity index (χ4n) is 5.38. The van der Waals surface area contributed by atoms with E-state index in [1.807, 2.05) is 48.5 Å². The van der Waals surface area contributed by atoms with Crippen LogP contribution in [0.15, 0.2) is 84.9 Å². The molecule has 164 valence electrons. The van der Waals surface area contributed by atoms with Gasteiger partial charge in [0.05, 0.1) is 6.04 Å². The summed E-state index contributed by atoms with van der Waals surface area (Å²) in [6, 6.07) is 28.6. The van der Waals surface area contributed by atoms with Crippen LogP contribution in [0.3, 0.4) is 0 Å². The second kappa shape index (κ2) is 9.70. The van der Waals surface area contributed by atoms with E-state index in [4.69, 9.17) is 4.74 Å². The van der Waals surface area contributed by atoms with Crippen molar-refractivity contribution in [2.75, 3.05) is 0 Å². The third-order valence-corrected chi connectivity index (χ3v) is 7.02. The molecule has 0 unspecified atom stereocenters. The van der Waals surface area contributed by atoms with Crippen LogP contribution in [0.5, 0.6) is 0 Å². The maximum absolute atomic E-state index is 13.2. The number of ether oxygens (including phenoxy) is 1. The molecule has 32 heavy (non-hydrogen) atoms. The average Bonchev–Trinajstić information content (AvgIpc) is 2.87. The predicted molar refractivity (Wildman–Crippen MR) is 127 cm³/mol. The molecule has 3 aromatic rings. The number of benzene rings is 3. The minimum absolute atomic E-state index is 0.0804. The van der Waals surface area contributed by atoms with Gasteiger partial charge in [0.25, 0.3) is 0 Å². The molecule has 1 aliphatic carbocycles. The molecule has 0 aromatic heterocycles. The number of cyclic esters (lactones) is 1. The molecule has 1 heterocycles. The first-order valence-electron chi connectivity index (χ1n) is 11.9. The summed E-state index contributed by atoms with van der Waals surface area (Å²) in [6.45, 7) is 0. The standard InChI is InChI=1S/C29H31NO2/c31-29-26(20-24-18-10-11-19-25(24)21-12-4-1-5-13-21)30-27(22-14-6-2-7-15-22)28(32-29)23-16-8-3-9-17-23/h2-3,6-11,14-19,21,26-28,30H,1,4-5,12-13,20H2/t26-,27-,28+/m0/s1. The Bertz CT molecular complexity index is 1030. The SMILES string of the molecule is O=C1O[C@H](c2ccccc2)[C@H](c2ccccc2)N[C@H]1Cc1ccccc1C1CCCCC1. The average molecular weight is 426 g/mol. The van der Waals surface area contributed by atoms with Crippen LogP contribution in [-0.4, -0.2) is 12.0 Å². The van der Waals surface area contributed by atoms with Gasteiger partial charge in [-0.2, -0.15) is 0 Å². The minimum atomic E-state index is -0.357. The summed E-state index contributed by atoms with van der Waals surface area (Å²) < 4.78 is 6.11. The summed E-state index contributed by atoms with van der Waals surface area (Å²) in [5.74, 6) is 0.450. The maximum Gasteiger partial charge on any atom is 0.324 e. The highest BCUT2D eigenvalue weighted by atomic mass is 16.5. The molecule has 1 N–H and O–H groups in total. The molecule has 1 saturated carbocycles. The number of rotatable bonds is 5. The number of hydrogen-bond donors (Lipinski definition) is 1. The quantitative estimate of drug-likeness (QED) is 0.489. The number of nitrogens with one attached hydrogen (secondary N) is 1. The van der Waals surface area contributed by atoms with E-state index < -0.39 is 0 Å². The molecular weight excluding hydrogens is 394 g/mol. The topological polar surface area (TPSA) is 38.3 Å². The molecule has 1 aliphatic heterocycles. The Hall–Kier alpha value is -2.91. The highest BCUT2D eigenvalue weighted by Crippen LogP contribution is 2.38. The van der Waals surface area contributed by atoms with E-state index in [0.29, 0.717) is 12.3 Å². The number of carbonyl (C=O) groups is 1. The smallest absolute Gasteiger partial charge is 0.324 e. The van der Waals surface area contributed by atoms with Crippen molar-refractivity contribution in [3.05, 3.63) is 107 Å². The van der Waals surface area contributed by atoms with Crippen LogP contribution >= 0.6 is 0 Å². The number of morpholine rings is 1. The Balaban J connectivity index is 1.42. The van der Waals surface area contributed by atoms with Gasteiger partial charge in [-0.3, -0.25) is 10.1 Å². The second-order valence-corrected chi connectivity index (χ2v) is 9.11. The van der Waals surface area contributed by atoms with Crippen LogP contribution in [0.4, 0.5) is 0 Å². The lowest BCUT2D eigenvalue weighted by molar-refractivity contribution is -0.160. The van der Waals surface area contributed by atoms with Gasteiger partial charge in [0, 0.05) is 0 Å². The number of hydrogen-bond acceptors (Lipinski definition) is 3. The number of carbonyl (C=O) groups excluding carboxylic acids is 1. The zero-order valence-electron chi connectivity index (χ0n) is 18.5. The van der Waals surface area contributed by atoms with Gasteiger partial charge < -0.3 is 4.74 Å².